The zero-order valence-electron chi connectivity index (χ0n) is 14.6. The average molecular weight is 336 g/mol. The van der Waals surface area contributed by atoms with Crippen LogP contribution in [0.15, 0.2) is 0 Å². The van der Waals surface area contributed by atoms with Gasteiger partial charge in [-0.2, -0.15) is 0 Å². The molecule has 0 aliphatic rings. The van der Waals surface area contributed by atoms with Gasteiger partial charge in [-0.25, -0.2) is 5.84 Å². The quantitative estimate of drug-likeness (QED) is 0.219. The molecule has 1 amide bonds. The van der Waals surface area contributed by atoms with Gasteiger partial charge in [0, 0.05) is 5.92 Å². The maximum atomic E-state index is 11.0. The van der Waals surface area contributed by atoms with Gasteiger partial charge < -0.3 is 10.2 Å². The summed E-state index contributed by atoms with van der Waals surface area (Å²) in [5.74, 6) is 6.63. The number of carboxylic acids is 2. The predicted octanol–water partition coefficient (Wildman–Crippen LogP) is 0.310. The summed E-state index contributed by atoms with van der Waals surface area (Å²) in [6, 6.07) is 0. The number of hydrazine groups is 2. The number of hydrogen-bond donors (Lipinski definition) is 6. The first-order valence-corrected chi connectivity index (χ1v) is 7.45. The van der Waals surface area contributed by atoms with Gasteiger partial charge in [0.15, 0.2) is 0 Å². The summed E-state index contributed by atoms with van der Waals surface area (Å²) < 4.78 is 0. The van der Waals surface area contributed by atoms with Crippen molar-refractivity contribution in [2.75, 3.05) is 7.05 Å². The number of nitrogens with two attached hydrogens (primary N) is 2. The fourth-order valence-electron chi connectivity index (χ4n) is 1.29. The highest BCUT2D eigenvalue weighted by Crippen LogP contribution is 2.15. The zero-order valence-corrected chi connectivity index (χ0v) is 14.6. The molecule has 0 saturated carbocycles. The lowest BCUT2D eigenvalue weighted by molar-refractivity contribution is -0.143. The van der Waals surface area contributed by atoms with E-state index in [1.54, 1.807) is 27.8 Å². The molecule has 3 unspecified atom stereocenters. The van der Waals surface area contributed by atoms with Crippen LogP contribution in [0.4, 0.5) is 0 Å². The molecule has 0 aromatic heterocycles. The second-order valence-electron chi connectivity index (χ2n) is 5.02. The fraction of sp³-hybridized carbons (Fsp3) is 0.786. The van der Waals surface area contributed by atoms with E-state index < -0.39 is 17.9 Å². The van der Waals surface area contributed by atoms with E-state index in [1.165, 1.54) is 0 Å². The molecular formula is C14H32N4O5. The molecule has 0 fully saturated rings. The minimum Gasteiger partial charge on any atom is -0.481 e. The second kappa shape index (κ2) is 16.7. The van der Waals surface area contributed by atoms with E-state index in [0.29, 0.717) is 12.8 Å². The zero-order chi connectivity index (χ0) is 19.0. The Morgan fingerprint density at radius 1 is 0.957 bits per heavy atom. The molecule has 9 heteroatoms. The van der Waals surface area contributed by atoms with Crippen molar-refractivity contribution < 1.29 is 24.6 Å². The normalized spacial score (nSPS) is 13.2. The minimum absolute atomic E-state index is 0.181. The highest BCUT2D eigenvalue weighted by atomic mass is 16.4. The van der Waals surface area contributed by atoms with E-state index in [-0.39, 0.29) is 17.7 Å². The summed E-state index contributed by atoms with van der Waals surface area (Å²) >= 11 is 0. The monoisotopic (exact) mass is 336 g/mol. The lowest BCUT2D eigenvalue weighted by Crippen LogP contribution is -2.36. The van der Waals surface area contributed by atoms with E-state index in [4.69, 9.17) is 16.1 Å². The fourth-order valence-corrected chi connectivity index (χ4v) is 1.29. The smallest absolute Gasteiger partial charge is 0.306 e. The van der Waals surface area contributed by atoms with Gasteiger partial charge in [0.05, 0.1) is 11.8 Å². The molecule has 0 heterocycles. The van der Waals surface area contributed by atoms with E-state index in [9.17, 15) is 14.4 Å². The van der Waals surface area contributed by atoms with Crippen LogP contribution >= 0.6 is 0 Å². The van der Waals surface area contributed by atoms with Crippen LogP contribution in [0.1, 0.15) is 47.0 Å². The number of carbonyl (C=O) groups excluding carboxylic acids is 1. The summed E-state index contributed by atoms with van der Waals surface area (Å²) in [7, 11) is 1.65. The summed E-state index contributed by atoms with van der Waals surface area (Å²) in [5, 5.41) is 16.9. The van der Waals surface area contributed by atoms with Crippen molar-refractivity contribution in [3.8, 4) is 0 Å². The Morgan fingerprint density at radius 3 is 1.57 bits per heavy atom. The molecule has 0 bridgehead atoms. The standard InChI is InChI=1S/C8H16N2O3.C5H10O2.CH6N2/c1-3-6(8(12)13)4-5(2)7(11)10-9;1-3-4(2)5(6)7;1-3-2/h5-6H,3-4,9H2,1-2H3,(H,10,11)(H,12,13);4H,3H2,1-2H3,(H,6,7);3H,2H2,1H3. The Labute approximate surface area is 137 Å². The largest absolute Gasteiger partial charge is 0.481 e. The van der Waals surface area contributed by atoms with Gasteiger partial charge in [-0.05, 0) is 26.3 Å². The molecule has 0 rings (SSSR count). The van der Waals surface area contributed by atoms with Crippen molar-refractivity contribution >= 4 is 17.8 Å². The maximum absolute atomic E-state index is 11.0. The maximum Gasteiger partial charge on any atom is 0.306 e. The van der Waals surface area contributed by atoms with Crippen molar-refractivity contribution in [1.29, 1.82) is 0 Å². The lowest BCUT2D eigenvalue weighted by atomic mass is 9.93. The van der Waals surface area contributed by atoms with E-state index >= 15 is 0 Å². The predicted molar refractivity (Wildman–Crippen MR) is 87.9 cm³/mol. The Hall–Kier alpha value is -1.71. The summed E-state index contributed by atoms with van der Waals surface area (Å²) in [5.41, 5.74) is 4.25. The molecule has 0 spiro atoms. The van der Waals surface area contributed by atoms with E-state index in [1.807, 2.05) is 12.3 Å². The van der Waals surface area contributed by atoms with Gasteiger partial charge in [-0.1, -0.05) is 27.7 Å². The van der Waals surface area contributed by atoms with Gasteiger partial charge in [0.2, 0.25) is 5.91 Å². The van der Waals surface area contributed by atoms with E-state index in [2.05, 4.69) is 11.3 Å². The molecule has 0 saturated heterocycles. The SMILES string of the molecule is CCC(C)C(=O)O.CCC(CC(C)C(=O)NN)C(=O)O.CNN. The van der Waals surface area contributed by atoms with Crippen LogP contribution in [-0.4, -0.2) is 35.1 Å². The summed E-state index contributed by atoms with van der Waals surface area (Å²) in [6.45, 7) is 7.00. The molecule has 0 aliphatic heterocycles. The first-order chi connectivity index (χ1) is 10.6. The first-order valence-electron chi connectivity index (χ1n) is 7.45. The molecule has 0 aromatic rings. The number of nitrogens with one attached hydrogen (secondary N) is 2. The summed E-state index contributed by atoms with van der Waals surface area (Å²) in [6.07, 6.45) is 1.57. The number of aliphatic carboxylic acids is 2. The minimum atomic E-state index is -0.862. The van der Waals surface area contributed by atoms with Crippen molar-refractivity contribution in [3.63, 3.8) is 0 Å². The van der Waals surface area contributed by atoms with Crippen molar-refractivity contribution in [2.45, 2.75) is 47.0 Å². The van der Waals surface area contributed by atoms with Crippen LogP contribution in [0, 0.1) is 17.8 Å². The highest BCUT2D eigenvalue weighted by Gasteiger charge is 2.21. The molecule has 138 valence electrons. The topological polar surface area (TPSA) is 168 Å². The highest BCUT2D eigenvalue weighted by molar-refractivity contribution is 5.78. The third kappa shape index (κ3) is 16.5. The van der Waals surface area contributed by atoms with Crippen LogP contribution in [0.2, 0.25) is 0 Å². The molecule has 0 radical (unpaired) electrons. The Bertz CT molecular complexity index is 339. The molecule has 3 atom stereocenters. The van der Waals surface area contributed by atoms with Gasteiger partial charge in [-0.3, -0.25) is 31.1 Å². The molecule has 23 heavy (non-hydrogen) atoms. The molecular weight excluding hydrogens is 304 g/mol. The van der Waals surface area contributed by atoms with E-state index in [0.717, 1.165) is 6.42 Å². The number of carboxylic acid groups (broad SMARTS) is 2. The van der Waals surface area contributed by atoms with Gasteiger partial charge in [-0.15, -0.1) is 0 Å². The van der Waals surface area contributed by atoms with Crippen molar-refractivity contribution in [1.82, 2.24) is 10.9 Å². The Balaban J connectivity index is -0.000000335. The third-order valence-electron chi connectivity index (χ3n) is 3.10. The molecule has 0 aliphatic carbocycles. The summed E-state index contributed by atoms with van der Waals surface area (Å²) in [4.78, 5) is 31.5. The van der Waals surface area contributed by atoms with Crippen LogP contribution < -0.4 is 22.5 Å². The lowest BCUT2D eigenvalue weighted by Gasteiger charge is -2.14. The molecule has 9 nitrogen and oxygen atoms in total. The van der Waals surface area contributed by atoms with Gasteiger partial charge in [0.1, 0.15) is 0 Å². The first kappa shape index (κ1) is 26.2. The Morgan fingerprint density at radius 2 is 1.39 bits per heavy atom. The van der Waals surface area contributed by atoms with Crippen molar-refractivity contribution in [3.05, 3.63) is 0 Å². The third-order valence-corrected chi connectivity index (χ3v) is 3.10. The van der Waals surface area contributed by atoms with Crippen LogP contribution in [0.25, 0.3) is 0 Å². The molecule has 0 aromatic carbocycles. The van der Waals surface area contributed by atoms with Crippen LogP contribution in [-0.2, 0) is 14.4 Å². The number of hydrogen-bond acceptors (Lipinski definition) is 6. The Kier molecular flexibility index (Phi) is 19.0. The van der Waals surface area contributed by atoms with Crippen molar-refractivity contribution in [2.24, 2.45) is 29.4 Å². The van der Waals surface area contributed by atoms with Gasteiger partial charge >= 0.3 is 11.9 Å². The second-order valence-corrected chi connectivity index (χ2v) is 5.02. The number of carbonyl (C=O) groups is 3. The number of rotatable bonds is 7. The molecule has 8 N–H and O–H groups in total. The van der Waals surface area contributed by atoms with Crippen LogP contribution in [0.5, 0.6) is 0 Å². The van der Waals surface area contributed by atoms with Crippen LogP contribution in [0.3, 0.4) is 0 Å². The average Bonchev–Trinajstić information content (AvgIpc) is 2.51. The van der Waals surface area contributed by atoms with Gasteiger partial charge in [0.25, 0.3) is 0 Å². The number of amides is 1.